The summed E-state index contributed by atoms with van der Waals surface area (Å²) in [6.45, 7) is 0. The van der Waals surface area contributed by atoms with E-state index in [1.54, 1.807) is 12.3 Å². The normalized spacial score (nSPS) is 11.4. The lowest BCUT2D eigenvalue weighted by Gasteiger charge is -2.19. The molecule has 0 aliphatic carbocycles. The molecule has 0 saturated heterocycles. The van der Waals surface area contributed by atoms with Crippen molar-refractivity contribution < 1.29 is 8.81 Å². The van der Waals surface area contributed by atoms with Crippen molar-refractivity contribution in [3.8, 4) is 39.3 Å². The van der Waals surface area contributed by atoms with Crippen molar-refractivity contribution in [3.05, 3.63) is 133 Å². The number of hydrogen-bond donors (Lipinski definition) is 0. The molecule has 0 atom stereocenters. The van der Waals surface area contributed by atoms with Gasteiger partial charge in [0.25, 0.3) is 0 Å². The third-order valence-electron chi connectivity index (χ3n) is 6.77. The predicted molar refractivity (Wildman–Crippen MR) is 147 cm³/mol. The van der Waals surface area contributed by atoms with Crippen LogP contribution in [0.15, 0.2) is 132 Å². The van der Waals surface area contributed by atoms with Gasteiger partial charge < -0.3 is 4.42 Å². The summed E-state index contributed by atoms with van der Waals surface area (Å²) >= 11 is 0. The molecule has 0 aliphatic rings. The molecular formula is C33H21FN2O. The van der Waals surface area contributed by atoms with E-state index in [0.29, 0.717) is 16.8 Å². The minimum Gasteiger partial charge on any atom is -0.464 e. The molecule has 0 aliphatic heterocycles. The van der Waals surface area contributed by atoms with Gasteiger partial charge in [0.05, 0.1) is 22.3 Å². The average molecular weight is 481 g/mol. The van der Waals surface area contributed by atoms with Crippen LogP contribution < -0.4 is 0 Å². The zero-order valence-electron chi connectivity index (χ0n) is 19.8. The first-order chi connectivity index (χ1) is 18.3. The minimum absolute atomic E-state index is 0.313. The number of rotatable bonds is 4. The summed E-state index contributed by atoms with van der Waals surface area (Å²) in [5.41, 5.74) is 8.53. The Morgan fingerprint density at radius 3 is 1.97 bits per heavy atom. The molecule has 2 heterocycles. The Balaban J connectivity index is 1.63. The lowest BCUT2D eigenvalue weighted by atomic mass is 9.95. The molecule has 37 heavy (non-hydrogen) atoms. The van der Waals surface area contributed by atoms with Crippen LogP contribution in [0.4, 0.5) is 4.39 Å². The molecule has 0 spiro atoms. The van der Waals surface area contributed by atoms with E-state index < -0.39 is 0 Å². The quantitative estimate of drug-likeness (QED) is 0.252. The smallest absolute Gasteiger partial charge is 0.149 e. The second-order valence-electron chi connectivity index (χ2n) is 8.98. The van der Waals surface area contributed by atoms with Crippen molar-refractivity contribution in [2.24, 2.45) is 0 Å². The highest BCUT2D eigenvalue weighted by Crippen LogP contribution is 2.41. The van der Waals surface area contributed by atoms with Crippen molar-refractivity contribution in [1.29, 1.82) is 0 Å². The summed E-state index contributed by atoms with van der Waals surface area (Å²) in [5.74, 6) is 0.388. The topological polar surface area (TPSA) is 31.0 Å². The van der Waals surface area contributed by atoms with Crippen LogP contribution in [-0.2, 0) is 0 Å². The molecule has 0 radical (unpaired) electrons. The van der Waals surface area contributed by atoms with Crippen LogP contribution in [0.3, 0.4) is 0 Å². The van der Waals surface area contributed by atoms with Crippen molar-refractivity contribution >= 4 is 22.0 Å². The van der Waals surface area contributed by atoms with E-state index in [0.717, 1.165) is 44.5 Å². The Hall–Kier alpha value is -4.96. The molecule has 176 valence electrons. The van der Waals surface area contributed by atoms with Gasteiger partial charge in [0.1, 0.15) is 23.5 Å². The van der Waals surface area contributed by atoms with Crippen LogP contribution >= 0.6 is 0 Å². The fourth-order valence-corrected chi connectivity index (χ4v) is 5.09. The van der Waals surface area contributed by atoms with Gasteiger partial charge in [-0.3, -0.25) is 4.57 Å². The number of benzene rings is 5. The summed E-state index contributed by atoms with van der Waals surface area (Å²) < 4.78 is 22.4. The second kappa shape index (κ2) is 8.61. The van der Waals surface area contributed by atoms with E-state index in [1.807, 2.05) is 54.6 Å². The molecule has 7 aromatic rings. The number of nitrogens with zero attached hydrogens (tertiary/aromatic N) is 2. The van der Waals surface area contributed by atoms with Gasteiger partial charge in [0.2, 0.25) is 0 Å². The van der Waals surface area contributed by atoms with Gasteiger partial charge in [0, 0.05) is 16.5 Å². The third kappa shape index (κ3) is 3.54. The maximum atomic E-state index is 14.3. The Labute approximate surface area is 213 Å². The molecule has 4 heteroatoms. The highest BCUT2D eigenvalue weighted by molar-refractivity contribution is 5.97. The van der Waals surface area contributed by atoms with E-state index in [4.69, 9.17) is 9.40 Å². The summed E-state index contributed by atoms with van der Waals surface area (Å²) in [6, 6.07) is 39.8. The molecule has 5 aromatic carbocycles. The van der Waals surface area contributed by atoms with E-state index >= 15 is 0 Å². The number of imidazole rings is 1. The lowest BCUT2D eigenvalue weighted by molar-refractivity contribution is 0.610. The number of hydrogen-bond acceptors (Lipinski definition) is 2. The van der Waals surface area contributed by atoms with E-state index in [2.05, 4.69) is 53.1 Å². The van der Waals surface area contributed by atoms with E-state index in [-0.39, 0.29) is 5.82 Å². The first kappa shape index (κ1) is 21.3. The molecule has 7 rings (SSSR count). The fraction of sp³-hybridized carbons (Fsp3) is 0. The summed E-state index contributed by atoms with van der Waals surface area (Å²) in [6.07, 6.45) is 1.68. The van der Waals surface area contributed by atoms with Crippen molar-refractivity contribution in [3.63, 3.8) is 0 Å². The van der Waals surface area contributed by atoms with Crippen LogP contribution in [0.5, 0.6) is 0 Å². The highest BCUT2D eigenvalue weighted by atomic mass is 19.1. The predicted octanol–water partition coefficient (Wildman–Crippen LogP) is 8.91. The third-order valence-corrected chi connectivity index (χ3v) is 6.77. The van der Waals surface area contributed by atoms with Crippen LogP contribution in [0.25, 0.3) is 61.3 Å². The molecule has 0 unspecified atom stereocenters. The van der Waals surface area contributed by atoms with Crippen LogP contribution in [0.2, 0.25) is 0 Å². The molecule has 2 aromatic heterocycles. The zero-order valence-corrected chi connectivity index (χ0v) is 19.8. The molecular weight excluding hydrogens is 459 g/mol. The molecule has 0 bridgehead atoms. The number of halogens is 1. The fourth-order valence-electron chi connectivity index (χ4n) is 5.09. The van der Waals surface area contributed by atoms with Crippen molar-refractivity contribution in [2.45, 2.75) is 0 Å². The monoisotopic (exact) mass is 480 g/mol. The Kier molecular flexibility index (Phi) is 4.96. The van der Waals surface area contributed by atoms with E-state index in [9.17, 15) is 4.39 Å². The highest BCUT2D eigenvalue weighted by Gasteiger charge is 2.23. The Morgan fingerprint density at radius 2 is 1.27 bits per heavy atom. The van der Waals surface area contributed by atoms with Crippen molar-refractivity contribution in [2.75, 3.05) is 0 Å². The van der Waals surface area contributed by atoms with Gasteiger partial charge in [-0.05, 0) is 41.5 Å². The van der Waals surface area contributed by atoms with Gasteiger partial charge in [-0.2, -0.15) is 0 Å². The van der Waals surface area contributed by atoms with Crippen LogP contribution in [0.1, 0.15) is 0 Å². The van der Waals surface area contributed by atoms with Gasteiger partial charge in [-0.25, -0.2) is 9.37 Å². The number of fused-ring (bicyclic) bond motifs is 2. The first-order valence-corrected chi connectivity index (χ1v) is 12.2. The number of furan rings is 1. The maximum Gasteiger partial charge on any atom is 0.149 e. The summed E-state index contributed by atoms with van der Waals surface area (Å²) in [5, 5.41) is 0.690. The maximum absolute atomic E-state index is 14.3. The van der Waals surface area contributed by atoms with Gasteiger partial charge in [0.15, 0.2) is 0 Å². The second-order valence-corrected chi connectivity index (χ2v) is 8.98. The standard InChI is InChI=1S/C33H21FN2O/c34-24-18-19-31-27(20-24)28(21-37-31)33-35-29-16-7-8-17-30(29)36(33)32-25(22-10-3-1-4-11-22)14-9-15-26(32)23-12-5-2-6-13-23/h1-21H. The minimum atomic E-state index is -0.313. The summed E-state index contributed by atoms with van der Waals surface area (Å²) in [4.78, 5) is 5.06. The van der Waals surface area contributed by atoms with Crippen LogP contribution in [0, 0.1) is 5.82 Å². The molecule has 0 saturated carbocycles. The van der Waals surface area contributed by atoms with Gasteiger partial charge in [-0.1, -0.05) is 91.0 Å². The number of aromatic nitrogens is 2. The average Bonchev–Trinajstić information content (AvgIpc) is 3.54. The molecule has 0 N–H and O–H groups in total. The van der Waals surface area contributed by atoms with Crippen molar-refractivity contribution in [1.82, 2.24) is 9.55 Å². The SMILES string of the molecule is Fc1ccc2occ(-c3nc4ccccc4n3-c3c(-c4ccccc4)cccc3-c3ccccc3)c2c1. The van der Waals surface area contributed by atoms with Gasteiger partial charge in [-0.15, -0.1) is 0 Å². The molecule has 3 nitrogen and oxygen atoms in total. The van der Waals surface area contributed by atoms with Gasteiger partial charge >= 0.3 is 0 Å². The first-order valence-electron chi connectivity index (χ1n) is 12.2. The van der Waals surface area contributed by atoms with Crippen LogP contribution in [-0.4, -0.2) is 9.55 Å². The largest absolute Gasteiger partial charge is 0.464 e. The lowest BCUT2D eigenvalue weighted by Crippen LogP contribution is -2.03. The summed E-state index contributed by atoms with van der Waals surface area (Å²) in [7, 11) is 0. The Bertz CT molecular complexity index is 1830. The number of para-hydroxylation sites is 3. The zero-order chi connectivity index (χ0) is 24.8. The van der Waals surface area contributed by atoms with E-state index in [1.165, 1.54) is 12.1 Å². The molecule has 0 fully saturated rings. The Morgan fingerprint density at radius 1 is 0.622 bits per heavy atom. The molecule has 0 amide bonds.